The van der Waals surface area contributed by atoms with Crippen LogP contribution >= 0.6 is 11.6 Å². The Hall–Kier alpha value is 0.210. The predicted molar refractivity (Wildman–Crippen MR) is 53.9 cm³/mol. The molecule has 0 aromatic carbocycles. The summed E-state index contributed by atoms with van der Waals surface area (Å²) >= 11 is 5.93. The summed E-state index contributed by atoms with van der Waals surface area (Å²) in [6.45, 7) is 7.64. The van der Waals surface area contributed by atoms with Crippen molar-refractivity contribution in [3.05, 3.63) is 0 Å². The maximum absolute atomic E-state index is 5.93. The SMILES string of the molecule is CCOCCNCCC(Cl)CC. The van der Waals surface area contributed by atoms with Crippen LogP contribution < -0.4 is 5.32 Å². The van der Waals surface area contributed by atoms with Crippen molar-refractivity contribution in [2.24, 2.45) is 0 Å². The smallest absolute Gasteiger partial charge is 0.0590 e. The molecule has 0 aliphatic heterocycles. The molecule has 0 rings (SSSR count). The average Bonchev–Trinajstić information content (AvgIpc) is 2.10. The number of hydrogen-bond acceptors (Lipinski definition) is 2. The van der Waals surface area contributed by atoms with Crippen LogP contribution in [0.25, 0.3) is 0 Å². The minimum Gasteiger partial charge on any atom is -0.380 e. The molecule has 1 N–H and O–H groups in total. The lowest BCUT2D eigenvalue weighted by atomic mass is 10.2. The molecular weight excluding hydrogens is 174 g/mol. The number of halogens is 1. The van der Waals surface area contributed by atoms with Crippen molar-refractivity contribution in [2.45, 2.75) is 32.1 Å². The first kappa shape index (κ1) is 12.2. The van der Waals surface area contributed by atoms with E-state index < -0.39 is 0 Å². The van der Waals surface area contributed by atoms with Crippen molar-refractivity contribution < 1.29 is 4.74 Å². The summed E-state index contributed by atoms with van der Waals surface area (Å²) in [7, 11) is 0. The molecule has 0 aromatic rings. The summed E-state index contributed by atoms with van der Waals surface area (Å²) in [6, 6.07) is 0. The van der Waals surface area contributed by atoms with Gasteiger partial charge in [-0.2, -0.15) is 0 Å². The molecule has 74 valence electrons. The zero-order chi connectivity index (χ0) is 9.23. The fraction of sp³-hybridized carbons (Fsp3) is 1.00. The van der Waals surface area contributed by atoms with Gasteiger partial charge < -0.3 is 10.1 Å². The summed E-state index contributed by atoms with van der Waals surface area (Å²) in [5, 5.41) is 3.60. The Kier molecular flexibility index (Phi) is 9.46. The first-order valence-corrected chi connectivity index (χ1v) is 5.17. The minimum absolute atomic E-state index is 0.324. The molecule has 0 amide bonds. The van der Waals surface area contributed by atoms with Gasteiger partial charge in [0.15, 0.2) is 0 Å². The normalized spacial score (nSPS) is 13.2. The van der Waals surface area contributed by atoms with Gasteiger partial charge in [-0.25, -0.2) is 0 Å². The highest BCUT2D eigenvalue weighted by atomic mass is 35.5. The van der Waals surface area contributed by atoms with Crippen molar-refractivity contribution in [1.29, 1.82) is 0 Å². The molecule has 0 aliphatic carbocycles. The van der Waals surface area contributed by atoms with Crippen LogP contribution in [0.5, 0.6) is 0 Å². The van der Waals surface area contributed by atoms with Crippen LogP contribution in [0.15, 0.2) is 0 Å². The van der Waals surface area contributed by atoms with Crippen molar-refractivity contribution in [1.82, 2.24) is 5.32 Å². The van der Waals surface area contributed by atoms with Crippen LogP contribution in [0.4, 0.5) is 0 Å². The molecule has 1 atom stereocenters. The Morgan fingerprint density at radius 1 is 1.33 bits per heavy atom. The Bertz CT molecular complexity index is 90.6. The second-order valence-corrected chi connectivity index (χ2v) is 3.36. The second-order valence-electron chi connectivity index (χ2n) is 2.74. The molecule has 0 bridgehead atoms. The quantitative estimate of drug-likeness (QED) is 0.471. The second kappa shape index (κ2) is 9.30. The standard InChI is InChI=1S/C9H20ClNO/c1-3-9(10)5-6-11-7-8-12-4-2/h9,11H,3-8H2,1-2H3. The van der Waals surface area contributed by atoms with E-state index in [2.05, 4.69) is 12.2 Å². The minimum atomic E-state index is 0.324. The van der Waals surface area contributed by atoms with Crippen molar-refractivity contribution >= 4 is 11.6 Å². The third-order valence-corrected chi connectivity index (χ3v) is 2.23. The summed E-state index contributed by atoms with van der Waals surface area (Å²) in [6.07, 6.45) is 2.10. The van der Waals surface area contributed by atoms with Gasteiger partial charge in [0.1, 0.15) is 0 Å². The van der Waals surface area contributed by atoms with E-state index in [4.69, 9.17) is 16.3 Å². The number of nitrogens with one attached hydrogen (secondary N) is 1. The van der Waals surface area contributed by atoms with Crippen LogP contribution in [-0.4, -0.2) is 31.7 Å². The Balaban J connectivity index is 2.90. The zero-order valence-electron chi connectivity index (χ0n) is 8.11. The molecule has 0 spiro atoms. The van der Waals surface area contributed by atoms with Gasteiger partial charge >= 0.3 is 0 Å². The number of ether oxygens (including phenoxy) is 1. The Morgan fingerprint density at radius 2 is 2.08 bits per heavy atom. The number of rotatable bonds is 8. The van der Waals surface area contributed by atoms with Gasteiger partial charge in [0.2, 0.25) is 0 Å². The van der Waals surface area contributed by atoms with E-state index in [0.717, 1.165) is 39.1 Å². The molecule has 0 saturated carbocycles. The first-order chi connectivity index (χ1) is 5.81. The predicted octanol–water partition coefficient (Wildman–Crippen LogP) is 2.02. The lowest BCUT2D eigenvalue weighted by Crippen LogP contribution is -2.22. The van der Waals surface area contributed by atoms with E-state index in [1.807, 2.05) is 6.92 Å². The van der Waals surface area contributed by atoms with E-state index in [1.54, 1.807) is 0 Å². The van der Waals surface area contributed by atoms with Gasteiger partial charge in [-0.3, -0.25) is 0 Å². The largest absolute Gasteiger partial charge is 0.380 e. The Morgan fingerprint density at radius 3 is 2.67 bits per heavy atom. The fourth-order valence-electron chi connectivity index (χ4n) is 0.876. The van der Waals surface area contributed by atoms with Crippen molar-refractivity contribution in [2.75, 3.05) is 26.3 Å². The maximum Gasteiger partial charge on any atom is 0.0590 e. The topological polar surface area (TPSA) is 21.3 Å². The Labute approximate surface area is 80.6 Å². The molecule has 0 aliphatic rings. The van der Waals surface area contributed by atoms with Crippen LogP contribution in [-0.2, 0) is 4.74 Å². The summed E-state index contributed by atoms with van der Waals surface area (Å²) in [5.74, 6) is 0. The summed E-state index contributed by atoms with van der Waals surface area (Å²) in [5.41, 5.74) is 0. The molecule has 0 aromatic heterocycles. The van der Waals surface area contributed by atoms with Crippen LogP contribution in [0.2, 0.25) is 0 Å². The zero-order valence-corrected chi connectivity index (χ0v) is 8.86. The first-order valence-electron chi connectivity index (χ1n) is 4.73. The molecule has 0 radical (unpaired) electrons. The molecule has 0 heterocycles. The molecule has 0 saturated heterocycles. The van der Waals surface area contributed by atoms with E-state index in [1.165, 1.54) is 0 Å². The third kappa shape index (κ3) is 8.31. The van der Waals surface area contributed by atoms with Gasteiger partial charge in [-0.15, -0.1) is 11.6 Å². The molecule has 0 fully saturated rings. The van der Waals surface area contributed by atoms with E-state index in [9.17, 15) is 0 Å². The highest BCUT2D eigenvalue weighted by molar-refractivity contribution is 6.20. The highest BCUT2D eigenvalue weighted by Gasteiger charge is 1.98. The van der Waals surface area contributed by atoms with Crippen molar-refractivity contribution in [3.63, 3.8) is 0 Å². The lowest BCUT2D eigenvalue weighted by Gasteiger charge is -2.07. The molecule has 3 heteroatoms. The number of alkyl halides is 1. The highest BCUT2D eigenvalue weighted by Crippen LogP contribution is 2.04. The van der Waals surface area contributed by atoms with Gasteiger partial charge in [0.25, 0.3) is 0 Å². The van der Waals surface area contributed by atoms with Gasteiger partial charge in [-0.05, 0) is 26.3 Å². The average molecular weight is 194 g/mol. The molecule has 2 nitrogen and oxygen atoms in total. The number of hydrogen-bond donors (Lipinski definition) is 1. The van der Waals surface area contributed by atoms with Gasteiger partial charge in [0.05, 0.1) is 6.61 Å². The van der Waals surface area contributed by atoms with Gasteiger partial charge in [-0.1, -0.05) is 6.92 Å². The summed E-state index contributed by atoms with van der Waals surface area (Å²) in [4.78, 5) is 0. The third-order valence-electron chi connectivity index (χ3n) is 1.70. The van der Waals surface area contributed by atoms with E-state index in [0.29, 0.717) is 5.38 Å². The lowest BCUT2D eigenvalue weighted by molar-refractivity contribution is 0.149. The van der Waals surface area contributed by atoms with Crippen LogP contribution in [0.3, 0.4) is 0 Å². The maximum atomic E-state index is 5.93. The molecular formula is C9H20ClNO. The van der Waals surface area contributed by atoms with Crippen LogP contribution in [0, 0.1) is 0 Å². The van der Waals surface area contributed by atoms with Gasteiger partial charge in [0, 0.05) is 18.5 Å². The van der Waals surface area contributed by atoms with Crippen LogP contribution in [0.1, 0.15) is 26.7 Å². The summed E-state index contributed by atoms with van der Waals surface area (Å²) < 4.78 is 5.17. The van der Waals surface area contributed by atoms with Crippen molar-refractivity contribution in [3.8, 4) is 0 Å². The fourth-order valence-corrected chi connectivity index (χ4v) is 0.986. The monoisotopic (exact) mass is 193 g/mol. The molecule has 12 heavy (non-hydrogen) atoms. The van der Waals surface area contributed by atoms with E-state index in [-0.39, 0.29) is 0 Å². The molecule has 1 unspecified atom stereocenters. The van der Waals surface area contributed by atoms with E-state index >= 15 is 0 Å².